The summed E-state index contributed by atoms with van der Waals surface area (Å²) in [6.07, 6.45) is 0. The molecule has 0 saturated heterocycles. The largest absolute Gasteiger partial charge is 0.285 e. The third-order valence-electron chi connectivity index (χ3n) is 4.29. The van der Waals surface area contributed by atoms with E-state index in [0.29, 0.717) is 21.5 Å². The predicted octanol–water partition coefficient (Wildman–Crippen LogP) is 0.832. The maximum Gasteiger partial charge on any atom is 0.234 e. The fourth-order valence-electron chi connectivity index (χ4n) is 3.14. The molecule has 4 aromatic carbocycles. The van der Waals surface area contributed by atoms with Crippen LogP contribution in [0.3, 0.4) is 0 Å². The van der Waals surface area contributed by atoms with Crippen molar-refractivity contribution in [2.24, 2.45) is 0 Å². The van der Waals surface area contributed by atoms with Gasteiger partial charge in [-0.2, -0.15) is 0 Å². The third kappa shape index (κ3) is 0.807. The van der Waals surface area contributed by atoms with Crippen molar-refractivity contribution in [1.29, 1.82) is 0 Å². The zero-order valence-corrected chi connectivity index (χ0v) is 9.94. The molecule has 5 rings (SSSR count). The summed E-state index contributed by atoms with van der Waals surface area (Å²) in [6.45, 7) is 0. The van der Waals surface area contributed by atoms with Crippen LogP contribution in [0.25, 0.3) is 43.8 Å². The zero-order valence-electron chi connectivity index (χ0n) is 9.94. The quantitative estimate of drug-likeness (QED) is 0.387. The molecule has 0 saturated carbocycles. The van der Waals surface area contributed by atoms with Gasteiger partial charge in [-0.05, 0) is 46.5 Å². The van der Waals surface area contributed by atoms with Crippen LogP contribution in [0.15, 0.2) is 43.4 Å². The molecule has 0 unspecified atom stereocenters. The lowest BCUT2D eigenvalue weighted by Crippen LogP contribution is -2.32. The summed E-state index contributed by atoms with van der Waals surface area (Å²) in [4.78, 5) is 45.7. The molecule has 92 valence electrons. The highest BCUT2D eigenvalue weighted by Gasteiger charge is 2.28. The summed E-state index contributed by atoms with van der Waals surface area (Å²) >= 11 is 0. The number of hydrogen-bond acceptors (Lipinski definition) is 4. The average Bonchev–Trinajstić information content (AvgIpc) is 2.48. The monoisotopic (exact) mass is 260 g/mol. The molecule has 0 N–H and O–H groups in total. The predicted molar refractivity (Wildman–Crippen MR) is 75.7 cm³/mol. The lowest BCUT2D eigenvalue weighted by molar-refractivity contribution is 1.47. The van der Waals surface area contributed by atoms with Crippen molar-refractivity contribution in [1.82, 2.24) is 0 Å². The van der Waals surface area contributed by atoms with E-state index < -0.39 is 21.7 Å². The van der Waals surface area contributed by atoms with Gasteiger partial charge < -0.3 is 0 Å². The Bertz CT molecular complexity index is 1040. The fraction of sp³-hybridized carbons (Fsp3) is 0. The van der Waals surface area contributed by atoms with Crippen molar-refractivity contribution >= 4 is 21.5 Å². The van der Waals surface area contributed by atoms with Crippen LogP contribution in [-0.2, 0) is 0 Å². The SMILES string of the molecule is O=c1c(=O)c2cc3c(cc12)-c1cc2c(=O)c(=O)c2cc1-3. The molecule has 0 bridgehead atoms. The van der Waals surface area contributed by atoms with Gasteiger partial charge in [0, 0.05) is 21.5 Å². The summed E-state index contributed by atoms with van der Waals surface area (Å²) in [5.41, 5.74) is 1.67. The number of fused-ring (bicyclic) bond motifs is 6. The first-order valence-electron chi connectivity index (χ1n) is 6.13. The van der Waals surface area contributed by atoms with Crippen LogP contribution in [-0.4, -0.2) is 0 Å². The van der Waals surface area contributed by atoms with E-state index >= 15 is 0 Å². The Labute approximate surface area is 109 Å². The topological polar surface area (TPSA) is 68.3 Å². The van der Waals surface area contributed by atoms with Crippen LogP contribution >= 0.6 is 0 Å². The fourth-order valence-corrected chi connectivity index (χ4v) is 3.14. The molecule has 0 spiro atoms. The van der Waals surface area contributed by atoms with Gasteiger partial charge in [0.2, 0.25) is 21.7 Å². The van der Waals surface area contributed by atoms with E-state index in [0.717, 1.165) is 22.3 Å². The highest BCUT2D eigenvalue weighted by molar-refractivity contribution is 6.13. The van der Waals surface area contributed by atoms with E-state index in [-0.39, 0.29) is 0 Å². The molecule has 0 heterocycles. The van der Waals surface area contributed by atoms with Gasteiger partial charge in [0.05, 0.1) is 0 Å². The normalized spacial score (nSPS) is 12.8. The molecule has 20 heavy (non-hydrogen) atoms. The van der Waals surface area contributed by atoms with E-state index in [1.807, 2.05) is 0 Å². The number of rotatable bonds is 0. The van der Waals surface area contributed by atoms with Crippen molar-refractivity contribution < 1.29 is 0 Å². The van der Waals surface area contributed by atoms with E-state index in [4.69, 9.17) is 0 Å². The van der Waals surface area contributed by atoms with Crippen LogP contribution < -0.4 is 21.7 Å². The van der Waals surface area contributed by atoms with Crippen molar-refractivity contribution in [3.8, 4) is 22.3 Å². The zero-order chi connectivity index (χ0) is 13.8. The molecule has 4 aromatic rings. The highest BCUT2D eigenvalue weighted by atomic mass is 16.2. The van der Waals surface area contributed by atoms with Crippen molar-refractivity contribution in [2.75, 3.05) is 0 Å². The van der Waals surface area contributed by atoms with Crippen molar-refractivity contribution in [3.05, 3.63) is 65.2 Å². The maximum absolute atomic E-state index is 11.4. The Morgan fingerprint density at radius 2 is 0.600 bits per heavy atom. The first kappa shape index (κ1) is 9.97. The molecule has 0 fully saturated rings. The number of hydrogen-bond donors (Lipinski definition) is 0. The second kappa shape index (κ2) is 2.67. The Balaban J connectivity index is 1.90. The minimum absolute atomic E-state index is 0.449. The summed E-state index contributed by atoms with van der Waals surface area (Å²) in [5.74, 6) is 0. The van der Waals surface area contributed by atoms with Crippen LogP contribution in [0.5, 0.6) is 0 Å². The Kier molecular flexibility index (Phi) is 1.33. The van der Waals surface area contributed by atoms with Crippen molar-refractivity contribution in [3.63, 3.8) is 0 Å². The molecular formula is C16H4O4. The lowest BCUT2D eigenvalue weighted by atomic mass is 9.76. The molecule has 0 aromatic heterocycles. The highest BCUT2D eigenvalue weighted by Crippen LogP contribution is 2.49. The van der Waals surface area contributed by atoms with Crippen LogP contribution in [0.4, 0.5) is 0 Å². The van der Waals surface area contributed by atoms with E-state index in [2.05, 4.69) is 0 Å². The molecule has 4 nitrogen and oxygen atoms in total. The van der Waals surface area contributed by atoms with Gasteiger partial charge in [0.1, 0.15) is 0 Å². The molecule has 0 atom stereocenters. The summed E-state index contributed by atoms with van der Waals surface area (Å²) in [7, 11) is 0. The second-order valence-corrected chi connectivity index (χ2v) is 5.20. The van der Waals surface area contributed by atoms with Gasteiger partial charge in [-0.3, -0.25) is 19.2 Å². The Morgan fingerprint density at radius 1 is 0.400 bits per heavy atom. The van der Waals surface area contributed by atoms with Gasteiger partial charge in [0.15, 0.2) is 0 Å². The lowest BCUT2D eigenvalue weighted by Gasteiger charge is -2.25. The molecular weight excluding hydrogens is 256 g/mol. The van der Waals surface area contributed by atoms with E-state index in [1.165, 1.54) is 0 Å². The van der Waals surface area contributed by atoms with Gasteiger partial charge in [-0.15, -0.1) is 0 Å². The first-order valence-corrected chi connectivity index (χ1v) is 6.13. The molecule has 1 aliphatic rings. The van der Waals surface area contributed by atoms with Crippen molar-refractivity contribution in [2.45, 2.75) is 0 Å². The summed E-state index contributed by atoms with van der Waals surface area (Å²) in [6, 6.07) is 6.81. The first-order chi connectivity index (χ1) is 9.58. The van der Waals surface area contributed by atoms with Crippen LogP contribution in [0, 0.1) is 0 Å². The van der Waals surface area contributed by atoms with E-state index in [9.17, 15) is 19.2 Å². The number of benzene rings is 2. The molecule has 4 heteroatoms. The van der Waals surface area contributed by atoms with E-state index in [1.54, 1.807) is 24.3 Å². The standard InChI is InChI=1S/C16H4O4/c17-13-9-1-5-6(2-10(9)14(13)18)8-4-12-11(3-7(5)8)15(19)16(12)20/h1-4H. The molecule has 0 aliphatic heterocycles. The maximum atomic E-state index is 11.4. The van der Waals surface area contributed by atoms with Gasteiger partial charge >= 0.3 is 0 Å². The average molecular weight is 260 g/mol. The minimum atomic E-state index is -0.452. The van der Waals surface area contributed by atoms with Gasteiger partial charge in [0.25, 0.3) is 0 Å². The second-order valence-electron chi connectivity index (χ2n) is 5.20. The van der Waals surface area contributed by atoms with Gasteiger partial charge in [-0.1, -0.05) is 0 Å². The van der Waals surface area contributed by atoms with Gasteiger partial charge in [-0.25, -0.2) is 0 Å². The molecule has 0 radical (unpaired) electrons. The summed E-state index contributed by atoms with van der Waals surface area (Å²) < 4.78 is 0. The summed E-state index contributed by atoms with van der Waals surface area (Å²) in [5, 5.41) is 1.79. The third-order valence-corrected chi connectivity index (χ3v) is 4.29. The Hall–Kier alpha value is -2.88. The molecule has 0 amide bonds. The van der Waals surface area contributed by atoms with Crippen LogP contribution in [0.2, 0.25) is 0 Å². The van der Waals surface area contributed by atoms with Crippen LogP contribution in [0.1, 0.15) is 0 Å². The Morgan fingerprint density at radius 3 is 0.800 bits per heavy atom. The molecule has 1 aliphatic carbocycles. The minimum Gasteiger partial charge on any atom is -0.285 e. The smallest absolute Gasteiger partial charge is 0.234 e.